The van der Waals surface area contributed by atoms with Crippen LogP contribution in [-0.2, 0) is 32.7 Å². The standard InChI is InChI=1S/C28H35N3O7/c1-9-37-16-17-12-22(34-6)24(23(13-17)35-7)19-11-10-18(25-20(19)15-29-31(25)5)14-21(26(32)36-8)30-27(33)38-28(2,3)4/h10-15H,9,16H2,1-8H3,(H,30,33)/b21-14-. The molecule has 0 saturated heterocycles. The highest BCUT2D eigenvalue weighted by molar-refractivity contribution is 6.04. The molecule has 0 aliphatic carbocycles. The first-order valence-electron chi connectivity index (χ1n) is 12.1. The Hall–Kier alpha value is -4.05. The van der Waals surface area contributed by atoms with Gasteiger partial charge in [0.25, 0.3) is 0 Å². The van der Waals surface area contributed by atoms with E-state index in [9.17, 15) is 9.59 Å². The molecule has 1 amide bonds. The van der Waals surface area contributed by atoms with Gasteiger partial charge in [0.2, 0.25) is 0 Å². The lowest BCUT2D eigenvalue weighted by atomic mass is 9.96. The van der Waals surface area contributed by atoms with Crippen LogP contribution < -0.4 is 14.8 Å². The van der Waals surface area contributed by atoms with Gasteiger partial charge in [-0.15, -0.1) is 0 Å². The number of fused-ring (bicyclic) bond motifs is 1. The van der Waals surface area contributed by atoms with Crippen molar-refractivity contribution in [1.29, 1.82) is 0 Å². The lowest BCUT2D eigenvalue weighted by Crippen LogP contribution is -2.34. The quantitative estimate of drug-likeness (QED) is 0.312. The van der Waals surface area contributed by atoms with Crippen molar-refractivity contribution in [2.45, 2.75) is 39.9 Å². The van der Waals surface area contributed by atoms with E-state index in [0.717, 1.165) is 27.6 Å². The molecule has 0 spiro atoms. The minimum Gasteiger partial charge on any atom is -0.496 e. The van der Waals surface area contributed by atoms with Crippen LogP contribution in [0.3, 0.4) is 0 Å². The van der Waals surface area contributed by atoms with Crippen molar-refractivity contribution >= 4 is 29.0 Å². The van der Waals surface area contributed by atoms with E-state index in [1.165, 1.54) is 13.2 Å². The highest BCUT2D eigenvalue weighted by atomic mass is 16.6. The number of amides is 1. The number of esters is 1. The first kappa shape index (κ1) is 28.5. The number of carbonyl (C=O) groups excluding carboxylic acids is 2. The second-order valence-corrected chi connectivity index (χ2v) is 9.42. The van der Waals surface area contributed by atoms with Gasteiger partial charge < -0.3 is 23.7 Å². The summed E-state index contributed by atoms with van der Waals surface area (Å²) in [5.41, 5.74) is 3.03. The monoisotopic (exact) mass is 525 g/mol. The Bertz CT molecular complexity index is 1330. The summed E-state index contributed by atoms with van der Waals surface area (Å²) in [4.78, 5) is 24.9. The van der Waals surface area contributed by atoms with E-state index in [1.807, 2.05) is 31.2 Å². The van der Waals surface area contributed by atoms with Gasteiger partial charge in [0.15, 0.2) is 0 Å². The Kier molecular flexibility index (Phi) is 9.00. The molecule has 0 aliphatic heterocycles. The van der Waals surface area contributed by atoms with Crippen LogP contribution in [0.15, 0.2) is 36.2 Å². The number of nitrogens with zero attached hydrogens (tertiary/aromatic N) is 2. The number of hydrogen-bond acceptors (Lipinski definition) is 8. The summed E-state index contributed by atoms with van der Waals surface area (Å²) < 4.78 is 28.9. The second kappa shape index (κ2) is 12.0. The molecule has 38 heavy (non-hydrogen) atoms. The molecule has 3 rings (SSSR count). The Morgan fingerprint density at radius 2 is 1.74 bits per heavy atom. The number of hydrogen-bond donors (Lipinski definition) is 1. The van der Waals surface area contributed by atoms with Crippen LogP contribution in [0.5, 0.6) is 11.5 Å². The summed E-state index contributed by atoms with van der Waals surface area (Å²) in [6, 6.07) is 7.56. The molecule has 10 nitrogen and oxygen atoms in total. The van der Waals surface area contributed by atoms with Crippen molar-refractivity contribution in [2.75, 3.05) is 27.9 Å². The summed E-state index contributed by atoms with van der Waals surface area (Å²) in [5, 5.41) is 7.74. The zero-order valence-electron chi connectivity index (χ0n) is 23.1. The number of aromatic nitrogens is 2. The van der Waals surface area contributed by atoms with Crippen molar-refractivity contribution in [3.63, 3.8) is 0 Å². The van der Waals surface area contributed by atoms with Crippen LogP contribution in [0.2, 0.25) is 0 Å². The smallest absolute Gasteiger partial charge is 0.412 e. The molecule has 0 bridgehead atoms. The third kappa shape index (κ3) is 6.44. The molecule has 3 aromatic rings. The van der Waals surface area contributed by atoms with Crippen molar-refractivity contribution in [3.05, 3.63) is 47.3 Å². The van der Waals surface area contributed by atoms with Gasteiger partial charge in [-0.1, -0.05) is 12.1 Å². The van der Waals surface area contributed by atoms with E-state index in [0.29, 0.717) is 30.3 Å². The van der Waals surface area contributed by atoms with Gasteiger partial charge in [-0.3, -0.25) is 10.00 Å². The van der Waals surface area contributed by atoms with E-state index >= 15 is 0 Å². The van der Waals surface area contributed by atoms with Crippen LogP contribution in [0, 0.1) is 0 Å². The molecule has 0 saturated carbocycles. The highest BCUT2D eigenvalue weighted by Crippen LogP contribution is 2.43. The van der Waals surface area contributed by atoms with Gasteiger partial charge in [0.05, 0.1) is 45.2 Å². The van der Waals surface area contributed by atoms with Crippen LogP contribution in [0.1, 0.15) is 38.8 Å². The van der Waals surface area contributed by atoms with Gasteiger partial charge in [0.1, 0.15) is 22.8 Å². The number of nitrogens with one attached hydrogen (secondary N) is 1. The van der Waals surface area contributed by atoms with E-state index in [2.05, 4.69) is 10.4 Å². The molecule has 0 atom stereocenters. The number of methoxy groups -OCH3 is 3. The molecule has 1 N–H and O–H groups in total. The Morgan fingerprint density at radius 3 is 2.29 bits per heavy atom. The molecule has 0 fully saturated rings. The topological polar surface area (TPSA) is 110 Å². The van der Waals surface area contributed by atoms with Gasteiger partial charge >= 0.3 is 12.1 Å². The number of alkyl carbamates (subject to hydrolysis) is 1. The Balaban J connectivity index is 2.17. The van der Waals surface area contributed by atoms with Gasteiger partial charge in [-0.05, 0) is 51.5 Å². The van der Waals surface area contributed by atoms with Crippen molar-refractivity contribution < 1.29 is 33.3 Å². The molecule has 204 valence electrons. The molecule has 1 aromatic heterocycles. The van der Waals surface area contributed by atoms with Crippen LogP contribution in [-0.4, -0.2) is 55.4 Å². The summed E-state index contributed by atoms with van der Waals surface area (Å²) in [6.07, 6.45) is 2.49. The highest BCUT2D eigenvalue weighted by Gasteiger charge is 2.23. The maximum Gasteiger partial charge on any atom is 0.412 e. The van der Waals surface area contributed by atoms with Crippen LogP contribution >= 0.6 is 0 Å². The van der Waals surface area contributed by atoms with Crippen molar-refractivity contribution in [2.24, 2.45) is 7.05 Å². The fourth-order valence-corrected chi connectivity index (χ4v) is 4.01. The van der Waals surface area contributed by atoms with Crippen LogP contribution in [0.4, 0.5) is 4.79 Å². The molecule has 1 heterocycles. The zero-order chi connectivity index (χ0) is 28.0. The molecule has 2 aromatic carbocycles. The lowest BCUT2D eigenvalue weighted by molar-refractivity contribution is -0.136. The third-order valence-corrected chi connectivity index (χ3v) is 5.58. The van der Waals surface area contributed by atoms with Gasteiger partial charge in [0, 0.05) is 30.2 Å². The normalized spacial score (nSPS) is 11.8. The molecule has 10 heteroatoms. The third-order valence-electron chi connectivity index (χ3n) is 5.58. The first-order valence-corrected chi connectivity index (χ1v) is 12.1. The summed E-state index contributed by atoms with van der Waals surface area (Å²) in [5.74, 6) is 0.521. The summed E-state index contributed by atoms with van der Waals surface area (Å²) in [7, 11) is 6.24. The number of carbonyl (C=O) groups is 2. The second-order valence-electron chi connectivity index (χ2n) is 9.42. The molecule has 0 aliphatic rings. The van der Waals surface area contributed by atoms with Crippen molar-refractivity contribution in [3.8, 4) is 22.6 Å². The van der Waals surface area contributed by atoms with E-state index in [1.54, 1.807) is 52.9 Å². The van der Waals surface area contributed by atoms with E-state index < -0.39 is 17.7 Å². The summed E-state index contributed by atoms with van der Waals surface area (Å²) in [6.45, 7) is 8.16. The molecular weight excluding hydrogens is 490 g/mol. The minimum absolute atomic E-state index is 0.0764. The van der Waals surface area contributed by atoms with Crippen LogP contribution in [0.25, 0.3) is 28.1 Å². The fourth-order valence-electron chi connectivity index (χ4n) is 4.01. The fraction of sp³-hybridized carbons (Fsp3) is 0.393. The largest absolute Gasteiger partial charge is 0.496 e. The summed E-state index contributed by atoms with van der Waals surface area (Å²) >= 11 is 0. The van der Waals surface area contributed by atoms with Gasteiger partial charge in [-0.25, -0.2) is 9.59 Å². The van der Waals surface area contributed by atoms with E-state index in [4.69, 9.17) is 23.7 Å². The number of benzene rings is 2. The first-order chi connectivity index (χ1) is 18.0. The predicted octanol–water partition coefficient (Wildman–Crippen LogP) is 4.83. The average Bonchev–Trinajstić information content (AvgIpc) is 3.27. The number of aryl methyl sites for hydroxylation is 1. The minimum atomic E-state index is -0.770. The zero-order valence-corrected chi connectivity index (χ0v) is 23.1. The van der Waals surface area contributed by atoms with E-state index in [-0.39, 0.29) is 5.70 Å². The van der Waals surface area contributed by atoms with Gasteiger partial charge in [-0.2, -0.15) is 5.10 Å². The Morgan fingerprint density at radius 1 is 1.08 bits per heavy atom. The number of ether oxygens (including phenoxy) is 5. The number of rotatable bonds is 9. The van der Waals surface area contributed by atoms with Crippen molar-refractivity contribution in [1.82, 2.24) is 15.1 Å². The molecule has 0 unspecified atom stereocenters. The lowest BCUT2D eigenvalue weighted by Gasteiger charge is -2.20. The predicted molar refractivity (Wildman–Crippen MR) is 144 cm³/mol. The SMILES string of the molecule is CCOCc1cc(OC)c(-c2ccc(/C=C(\NC(=O)OC(C)(C)C)C(=O)OC)c3c2cnn3C)c(OC)c1. The molecule has 0 radical (unpaired) electrons. The Labute approximate surface area is 222 Å². The average molecular weight is 526 g/mol. The molecular formula is C28H35N3O7. The maximum absolute atomic E-state index is 12.5. The maximum atomic E-state index is 12.5.